The summed E-state index contributed by atoms with van der Waals surface area (Å²) in [6.07, 6.45) is 2.27. The Morgan fingerprint density at radius 2 is 2.35 bits per heavy atom. The number of likely N-dealkylation sites (N-methyl/N-ethyl adjacent to an activating group) is 1. The van der Waals surface area contributed by atoms with Gasteiger partial charge in [0.2, 0.25) is 5.91 Å². The van der Waals surface area contributed by atoms with Crippen molar-refractivity contribution >= 4 is 5.91 Å². The van der Waals surface area contributed by atoms with E-state index in [0.29, 0.717) is 19.2 Å². The van der Waals surface area contributed by atoms with Crippen LogP contribution in [-0.4, -0.2) is 63.3 Å². The molecular weight excluding hydrogens is 218 g/mol. The Morgan fingerprint density at radius 1 is 1.53 bits per heavy atom. The summed E-state index contributed by atoms with van der Waals surface area (Å²) in [5, 5.41) is 6.13. The minimum Gasteiger partial charge on any atom is -0.383 e. The summed E-state index contributed by atoms with van der Waals surface area (Å²) >= 11 is 0. The standard InChI is InChI=1S/C12H25N3O2/c1-3-15-7-4-5-11(10-15)14-12(16)9-13-6-8-17-2/h11,13H,3-10H2,1-2H3,(H,14,16). The zero-order valence-corrected chi connectivity index (χ0v) is 11.0. The van der Waals surface area contributed by atoms with E-state index in [1.807, 2.05) is 0 Å². The number of carbonyl (C=O) groups excluding carboxylic acids is 1. The van der Waals surface area contributed by atoms with Crippen molar-refractivity contribution in [2.45, 2.75) is 25.8 Å². The van der Waals surface area contributed by atoms with E-state index in [0.717, 1.165) is 32.6 Å². The van der Waals surface area contributed by atoms with Gasteiger partial charge in [0.05, 0.1) is 13.2 Å². The topological polar surface area (TPSA) is 53.6 Å². The van der Waals surface area contributed by atoms with E-state index < -0.39 is 0 Å². The molecule has 0 bridgehead atoms. The van der Waals surface area contributed by atoms with Crippen molar-refractivity contribution in [1.82, 2.24) is 15.5 Å². The zero-order chi connectivity index (χ0) is 12.5. The molecule has 1 heterocycles. The predicted molar refractivity (Wildman–Crippen MR) is 68.0 cm³/mol. The van der Waals surface area contributed by atoms with E-state index in [-0.39, 0.29) is 5.91 Å². The third-order valence-electron chi connectivity index (χ3n) is 3.09. The first-order valence-electron chi connectivity index (χ1n) is 6.47. The summed E-state index contributed by atoms with van der Waals surface area (Å²) in [5.74, 6) is 0.0871. The van der Waals surface area contributed by atoms with Gasteiger partial charge in [-0.15, -0.1) is 0 Å². The van der Waals surface area contributed by atoms with Gasteiger partial charge in [0, 0.05) is 26.2 Å². The van der Waals surface area contributed by atoms with Gasteiger partial charge in [-0.25, -0.2) is 0 Å². The fraction of sp³-hybridized carbons (Fsp3) is 0.917. The van der Waals surface area contributed by atoms with Crippen LogP contribution in [0.25, 0.3) is 0 Å². The number of nitrogens with one attached hydrogen (secondary N) is 2. The highest BCUT2D eigenvalue weighted by Crippen LogP contribution is 2.08. The number of hydrogen-bond donors (Lipinski definition) is 2. The number of ether oxygens (including phenoxy) is 1. The summed E-state index contributed by atoms with van der Waals surface area (Å²) in [4.78, 5) is 14.0. The van der Waals surface area contributed by atoms with Crippen LogP contribution in [0, 0.1) is 0 Å². The second-order valence-corrected chi connectivity index (χ2v) is 4.47. The van der Waals surface area contributed by atoms with Crippen LogP contribution in [-0.2, 0) is 9.53 Å². The number of rotatable bonds is 7. The Hall–Kier alpha value is -0.650. The summed E-state index contributed by atoms with van der Waals surface area (Å²) in [6.45, 7) is 7.12. The molecular formula is C12H25N3O2. The molecule has 0 spiro atoms. The maximum Gasteiger partial charge on any atom is 0.234 e. The van der Waals surface area contributed by atoms with Gasteiger partial charge in [0.15, 0.2) is 0 Å². The highest BCUT2D eigenvalue weighted by atomic mass is 16.5. The number of methoxy groups -OCH3 is 1. The van der Waals surface area contributed by atoms with Gasteiger partial charge in [-0.3, -0.25) is 4.79 Å². The van der Waals surface area contributed by atoms with Crippen LogP contribution in [0.1, 0.15) is 19.8 Å². The molecule has 5 heteroatoms. The van der Waals surface area contributed by atoms with Gasteiger partial charge in [-0.1, -0.05) is 6.92 Å². The van der Waals surface area contributed by atoms with Gasteiger partial charge >= 0.3 is 0 Å². The summed E-state index contributed by atoms with van der Waals surface area (Å²) in [6, 6.07) is 0.320. The monoisotopic (exact) mass is 243 g/mol. The molecule has 0 aromatic rings. The number of piperidine rings is 1. The van der Waals surface area contributed by atoms with Crippen LogP contribution in [0.2, 0.25) is 0 Å². The average Bonchev–Trinajstić information content (AvgIpc) is 2.35. The van der Waals surface area contributed by atoms with E-state index in [9.17, 15) is 4.79 Å². The summed E-state index contributed by atoms with van der Waals surface area (Å²) < 4.78 is 4.90. The number of carbonyl (C=O) groups is 1. The maximum atomic E-state index is 11.6. The van der Waals surface area contributed by atoms with Crippen LogP contribution in [0.5, 0.6) is 0 Å². The molecule has 100 valence electrons. The molecule has 1 rings (SSSR count). The average molecular weight is 243 g/mol. The van der Waals surface area contributed by atoms with Crippen LogP contribution in [0.4, 0.5) is 0 Å². The first-order chi connectivity index (χ1) is 8.26. The quantitative estimate of drug-likeness (QED) is 0.609. The largest absolute Gasteiger partial charge is 0.383 e. The molecule has 1 amide bonds. The molecule has 1 aliphatic heterocycles. The smallest absolute Gasteiger partial charge is 0.234 e. The molecule has 1 aliphatic rings. The molecule has 0 saturated carbocycles. The lowest BCUT2D eigenvalue weighted by Crippen LogP contribution is -2.49. The fourth-order valence-electron chi connectivity index (χ4n) is 2.12. The fourth-order valence-corrected chi connectivity index (χ4v) is 2.12. The lowest BCUT2D eigenvalue weighted by molar-refractivity contribution is -0.121. The van der Waals surface area contributed by atoms with Crippen LogP contribution < -0.4 is 10.6 Å². The van der Waals surface area contributed by atoms with Crippen LogP contribution >= 0.6 is 0 Å². The Labute approximate surface area is 104 Å². The van der Waals surface area contributed by atoms with Crippen molar-refractivity contribution in [1.29, 1.82) is 0 Å². The molecule has 0 aliphatic carbocycles. The molecule has 1 unspecified atom stereocenters. The Morgan fingerprint density at radius 3 is 3.06 bits per heavy atom. The van der Waals surface area contributed by atoms with E-state index in [1.54, 1.807) is 7.11 Å². The molecule has 0 radical (unpaired) electrons. The van der Waals surface area contributed by atoms with E-state index in [4.69, 9.17) is 4.74 Å². The number of nitrogens with zero attached hydrogens (tertiary/aromatic N) is 1. The van der Waals surface area contributed by atoms with E-state index in [2.05, 4.69) is 22.5 Å². The van der Waals surface area contributed by atoms with Gasteiger partial charge in [0.1, 0.15) is 0 Å². The molecule has 2 N–H and O–H groups in total. The van der Waals surface area contributed by atoms with Crippen molar-refractivity contribution in [3.63, 3.8) is 0 Å². The number of hydrogen-bond acceptors (Lipinski definition) is 4. The van der Waals surface area contributed by atoms with Gasteiger partial charge < -0.3 is 20.3 Å². The zero-order valence-electron chi connectivity index (χ0n) is 11.0. The van der Waals surface area contributed by atoms with Crippen molar-refractivity contribution in [3.8, 4) is 0 Å². The SMILES string of the molecule is CCN1CCCC(NC(=O)CNCCOC)C1. The molecule has 0 aromatic carbocycles. The van der Waals surface area contributed by atoms with Gasteiger partial charge in [-0.2, -0.15) is 0 Å². The highest BCUT2D eigenvalue weighted by Gasteiger charge is 2.19. The van der Waals surface area contributed by atoms with Crippen molar-refractivity contribution in [2.24, 2.45) is 0 Å². The first-order valence-corrected chi connectivity index (χ1v) is 6.47. The molecule has 1 fully saturated rings. The highest BCUT2D eigenvalue weighted by molar-refractivity contribution is 5.78. The third-order valence-corrected chi connectivity index (χ3v) is 3.09. The second kappa shape index (κ2) is 8.44. The molecule has 17 heavy (non-hydrogen) atoms. The van der Waals surface area contributed by atoms with Crippen LogP contribution in [0.15, 0.2) is 0 Å². The van der Waals surface area contributed by atoms with Crippen molar-refractivity contribution in [2.75, 3.05) is 46.4 Å². The lowest BCUT2D eigenvalue weighted by Gasteiger charge is -2.32. The second-order valence-electron chi connectivity index (χ2n) is 4.47. The van der Waals surface area contributed by atoms with E-state index in [1.165, 1.54) is 6.42 Å². The molecule has 1 saturated heterocycles. The Kier molecular flexibility index (Phi) is 7.16. The Balaban J connectivity index is 2.12. The summed E-state index contributed by atoms with van der Waals surface area (Å²) in [7, 11) is 1.66. The first kappa shape index (κ1) is 14.4. The Bertz CT molecular complexity index is 224. The van der Waals surface area contributed by atoms with Crippen LogP contribution in [0.3, 0.4) is 0 Å². The minimum absolute atomic E-state index is 0.0871. The van der Waals surface area contributed by atoms with E-state index >= 15 is 0 Å². The van der Waals surface area contributed by atoms with Crippen molar-refractivity contribution < 1.29 is 9.53 Å². The predicted octanol–water partition coefficient (Wildman–Crippen LogP) is -0.177. The van der Waals surface area contributed by atoms with Gasteiger partial charge in [0.25, 0.3) is 0 Å². The van der Waals surface area contributed by atoms with Crippen molar-refractivity contribution in [3.05, 3.63) is 0 Å². The summed E-state index contributed by atoms with van der Waals surface area (Å²) in [5.41, 5.74) is 0. The number of amides is 1. The maximum absolute atomic E-state index is 11.6. The molecule has 1 atom stereocenters. The third kappa shape index (κ3) is 6.00. The van der Waals surface area contributed by atoms with Gasteiger partial charge in [-0.05, 0) is 25.9 Å². The minimum atomic E-state index is 0.0871. The molecule has 5 nitrogen and oxygen atoms in total. The number of likely N-dealkylation sites (tertiary alicyclic amines) is 1. The molecule has 0 aromatic heterocycles. The lowest BCUT2D eigenvalue weighted by atomic mass is 10.1. The normalized spacial score (nSPS) is 21.4.